The van der Waals surface area contributed by atoms with E-state index < -0.39 is 0 Å². The Kier molecular flexibility index (Phi) is 2.56. The van der Waals surface area contributed by atoms with Crippen LogP contribution >= 0.6 is 0 Å². The lowest BCUT2D eigenvalue weighted by molar-refractivity contribution is -0.655. The van der Waals surface area contributed by atoms with Crippen LogP contribution in [0.1, 0.15) is 0 Å². The second kappa shape index (κ2) is 3.89. The van der Waals surface area contributed by atoms with Gasteiger partial charge in [0.15, 0.2) is 11.5 Å². The maximum atomic E-state index is 6.00. The van der Waals surface area contributed by atoms with E-state index in [2.05, 4.69) is 0 Å². The Morgan fingerprint density at radius 3 is 2.38 bits per heavy atom. The van der Waals surface area contributed by atoms with E-state index in [-0.39, 0.29) is 0 Å². The molecule has 0 aliphatic carbocycles. The molecule has 4 heteroatoms. The van der Waals surface area contributed by atoms with Crippen LogP contribution in [0.2, 0.25) is 0 Å². The van der Waals surface area contributed by atoms with Gasteiger partial charge in [0.25, 0.3) is 5.82 Å². The largest absolute Gasteiger partial charge is 0.493 e. The maximum absolute atomic E-state index is 6.00. The van der Waals surface area contributed by atoms with Gasteiger partial charge in [-0.25, -0.2) is 4.57 Å². The second-order valence-corrected chi connectivity index (χ2v) is 3.61. The summed E-state index contributed by atoms with van der Waals surface area (Å²) in [5, 5.41) is 2.00. The van der Waals surface area contributed by atoms with Crippen molar-refractivity contribution in [3.8, 4) is 11.5 Å². The third kappa shape index (κ3) is 1.52. The molecular formula is C12H15N2O2+. The van der Waals surface area contributed by atoms with Gasteiger partial charge in [-0.05, 0) is 17.5 Å². The normalized spacial score (nSPS) is 10.4. The predicted octanol–water partition coefficient (Wildman–Crippen LogP) is 1.26. The first-order valence-corrected chi connectivity index (χ1v) is 4.97. The quantitative estimate of drug-likeness (QED) is 0.774. The summed E-state index contributed by atoms with van der Waals surface area (Å²) in [5.41, 5.74) is 6.00. The van der Waals surface area contributed by atoms with Crippen molar-refractivity contribution in [3.05, 3.63) is 24.4 Å². The molecule has 0 fully saturated rings. The molecule has 2 rings (SSSR count). The first-order chi connectivity index (χ1) is 7.67. The number of nitrogen functional groups attached to an aromatic ring is 1. The molecule has 4 nitrogen and oxygen atoms in total. The Balaban J connectivity index is 2.78. The van der Waals surface area contributed by atoms with Gasteiger partial charge in [-0.2, -0.15) is 0 Å². The Bertz CT molecular complexity index is 538. The number of nitrogens with zero attached hydrogens (tertiary/aromatic N) is 1. The molecule has 0 atom stereocenters. The van der Waals surface area contributed by atoms with Crippen LogP contribution in [0.15, 0.2) is 24.4 Å². The highest BCUT2D eigenvalue weighted by Gasteiger charge is 2.12. The summed E-state index contributed by atoms with van der Waals surface area (Å²) in [4.78, 5) is 0. The lowest BCUT2D eigenvalue weighted by Crippen LogP contribution is -2.31. The Morgan fingerprint density at radius 2 is 1.75 bits per heavy atom. The molecule has 84 valence electrons. The summed E-state index contributed by atoms with van der Waals surface area (Å²) >= 11 is 0. The Labute approximate surface area is 94.2 Å². The van der Waals surface area contributed by atoms with E-state index in [1.165, 1.54) is 0 Å². The van der Waals surface area contributed by atoms with Crippen molar-refractivity contribution in [2.24, 2.45) is 7.05 Å². The number of benzene rings is 1. The van der Waals surface area contributed by atoms with Crippen molar-refractivity contribution in [2.45, 2.75) is 0 Å². The SMILES string of the molecule is COc1cc2cc[n+](C)c(N)c2cc1OC. The summed E-state index contributed by atoms with van der Waals surface area (Å²) in [6, 6.07) is 5.81. The first-order valence-electron chi connectivity index (χ1n) is 4.97. The molecule has 1 heterocycles. The van der Waals surface area contributed by atoms with Gasteiger partial charge in [-0.15, -0.1) is 0 Å². The zero-order chi connectivity index (χ0) is 11.7. The molecule has 0 aliphatic rings. The van der Waals surface area contributed by atoms with Gasteiger partial charge in [0, 0.05) is 6.07 Å². The van der Waals surface area contributed by atoms with Crippen LogP contribution in [0.5, 0.6) is 11.5 Å². The van der Waals surface area contributed by atoms with E-state index >= 15 is 0 Å². The lowest BCUT2D eigenvalue weighted by Gasteiger charge is -2.09. The van der Waals surface area contributed by atoms with Crippen molar-refractivity contribution in [3.63, 3.8) is 0 Å². The molecule has 0 saturated carbocycles. The number of nitrogens with two attached hydrogens (primary N) is 1. The number of rotatable bonds is 2. The lowest BCUT2D eigenvalue weighted by atomic mass is 10.1. The number of hydrogen-bond donors (Lipinski definition) is 1. The van der Waals surface area contributed by atoms with Crippen LogP contribution in [-0.2, 0) is 7.05 Å². The van der Waals surface area contributed by atoms with Gasteiger partial charge in [-0.3, -0.25) is 5.73 Å². The van der Waals surface area contributed by atoms with Crippen molar-refractivity contribution in [1.82, 2.24) is 0 Å². The average molecular weight is 219 g/mol. The molecular weight excluding hydrogens is 204 g/mol. The van der Waals surface area contributed by atoms with Crippen LogP contribution in [0.25, 0.3) is 10.8 Å². The molecule has 0 spiro atoms. The van der Waals surface area contributed by atoms with Gasteiger partial charge >= 0.3 is 0 Å². The minimum absolute atomic E-state index is 0.688. The molecule has 2 N–H and O–H groups in total. The maximum Gasteiger partial charge on any atom is 0.280 e. The molecule has 16 heavy (non-hydrogen) atoms. The molecule has 1 aromatic heterocycles. The number of pyridine rings is 1. The zero-order valence-corrected chi connectivity index (χ0v) is 9.65. The topological polar surface area (TPSA) is 48.4 Å². The smallest absolute Gasteiger partial charge is 0.280 e. The third-order valence-electron chi connectivity index (χ3n) is 2.69. The molecule has 2 aromatic rings. The van der Waals surface area contributed by atoms with E-state index in [1.807, 2.05) is 36.0 Å². The zero-order valence-electron chi connectivity index (χ0n) is 9.65. The van der Waals surface area contributed by atoms with Gasteiger partial charge in [0.05, 0.1) is 32.9 Å². The van der Waals surface area contributed by atoms with E-state index in [4.69, 9.17) is 15.2 Å². The Morgan fingerprint density at radius 1 is 1.12 bits per heavy atom. The highest BCUT2D eigenvalue weighted by molar-refractivity contribution is 5.92. The minimum Gasteiger partial charge on any atom is -0.493 e. The summed E-state index contributed by atoms with van der Waals surface area (Å²) in [5.74, 6) is 2.11. The number of anilines is 1. The fraction of sp³-hybridized carbons (Fsp3) is 0.250. The standard InChI is InChI=1S/C12H14N2O2/c1-14-5-4-8-6-10(15-2)11(16-3)7-9(8)12(14)13/h4-7,13H,1-3H3/p+1. The van der Waals surface area contributed by atoms with E-state index in [1.54, 1.807) is 14.2 Å². The minimum atomic E-state index is 0.688. The van der Waals surface area contributed by atoms with Gasteiger partial charge in [0.2, 0.25) is 0 Å². The number of aromatic nitrogens is 1. The van der Waals surface area contributed by atoms with Crippen LogP contribution in [0.3, 0.4) is 0 Å². The van der Waals surface area contributed by atoms with Crippen LogP contribution < -0.4 is 19.8 Å². The van der Waals surface area contributed by atoms with Gasteiger partial charge in [-0.1, -0.05) is 0 Å². The molecule has 0 aliphatic heterocycles. The number of methoxy groups -OCH3 is 2. The van der Waals surface area contributed by atoms with E-state index in [0.717, 1.165) is 10.8 Å². The first kappa shape index (κ1) is 10.5. The molecule has 0 unspecified atom stereocenters. The molecule has 0 amide bonds. The van der Waals surface area contributed by atoms with Crippen molar-refractivity contribution in [1.29, 1.82) is 0 Å². The summed E-state index contributed by atoms with van der Waals surface area (Å²) in [6.45, 7) is 0. The van der Waals surface area contributed by atoms with Crippen molar-refractivity contribution in [2.75, 3.05) is 20.0 Å². The van der Waals surface area contributed by atoms with Gasteiger partial charge in [0.1, 0.15) is 0 Å². The molecule has 0 radical (unpaired) electrons. The predicted molar refractivity (Wildman–Crippen MR) is 62.6 cm³/mol. The third-order valence-corrected chi connectivity index (χ3v) is 2.69. The van der Waals surface area contributed by atoms with E-state index in [0.29, 0.717) is 17.3 Å². The van der Waals surface area contributed by atoms with Crippen molar-refractivity contribution < 1.29 is 14.0 Å². The number of hydrogen-bond acceptors (Lipinski definition) is 3. The summed E-state index contributed by atoms with van der Waals surface area (Å²) in [7, 11) is 5.14. The van der Waals surface area contributed by atoms with Crippen LogP contribution in [0.4, 0.5) is 5.82 Å². The summed E-state index contributed by atoms with van der Waals surface area (Å²) < 4.78 is 12.4. The molecule has 0 saturated heterocycles. The fourth-order valence-electron chi connectivity index (χ4n) is 1.72. The molecule has 0 bridgehead atoms. The number of fused-ring (bicyclic) bond motifs is 1. The average Bonchev–Trinajstić information content (AvgIpc) is 2.32. The Hall–Kier alpha value is -1.97. The van der Waals surface area contributed by atoms with Crippen LogP contribution in [-0.4, -0.2) is 14.2 Å². The summed E-state index contributed by atoms with van der Waals surface area (Å²) in [6.07, 6.45) is 1.92. The molecule has 1 aromatic carbocycles. The second-order valence-electron chi connectivity index (χ2n) is 3.61. The highest BCUT2D eigenvalue weighted by atomic mass is 16.5. The highest BCUT2D eigenvalue weighted by Crippen LogP contribution is 2.33. The van der Waals surface area contributed by atoms with Crippen molar-refractivity contribution >= 4 is 16.6 Å². The van der Waals surface area contributed by atoms with Gasteiger partial charge < -0.3 is 9.47 Å². The monoisotopic (exact) mass is 219 g/mol. The van der Waals surface area contributed by atoms with Crippen LogP contribution in [0, 0.1) is 0 Å². The number of aryl methyl sites for hydroxylation is 1. The van der Waals surface area contributed by atoms with E-state index in [9.17, 15) is 0 Å². The number of ether oxygens (including phenoxy) is 2. The fourth-order valence-corrected chi connectivity index (χ4v) is 1.72.